The van der Waals surface area contributed by atoms with Crippen LogP contribution < -0.4 is 20.1 Å². The van der Waals surface area contributed by atoms with Gasteiger partial charge in [-0.25, -0.2) is 0 Å². The molecule has 8 heteroatoms. The molecule has 0 saturated carbocycles. The number of benzene rings is 2. The molecule has 5 rings (SSSR count). The number of methoxy groups -OCH3 is 1. The minimum atomic E-state index is -2.18. The van der Waals surface area contributed by atoms with E-state index in [1.54, 1.807) is 12.0 Å². The fourth-order valence-corrected chi connectivity index (χ4v) is 10.7. The molecule has 3 heterocycles. The minimum absolute atomic E-state index is 0.00610. The van der Waals surface area contributed by atoms with Crippen molar-refractivity contribution in [3.05, 3.63) is 48.0 Å². The molecule has 2 aromatic rings. The van der Waals surface area contributed by atoms with Gasteiger partial charge < -0.3 is 24.8 Å². The third-order valence-electron chi connectivity index (χ3n) is 8.37. The monoisotopic (exact) mass is 494 g/mol. The smallest absolute Gasteiger partial charge is 0.261 e. The topological polar surface area (TPSA) is 88.1 Å². The predicted octanol–water partition coefficient (Wildman–Crippen LogP) is 3.37. The molecule has 35 heavy (non-hydrogen) atoms. The molecule has 2 N–H and O–H groups in total. The van der Waals surface area contributed by atoms with Crippen molar-refractivity contribution in [2.75, 3.05) is 30.5 Å². The number of fused-ring (bicyclic) bond motifs is 2. The van der Waals surface area contributed by atoms with Crippen molar-refractivity contribution in [3.63, 3.8) is 0 Å². The van der Waals surface area contributed by atoms with E-state index in [9.17, 15) is 14.7 Å². The van der Waals surface area contributed by atoms with Gasteiger partial charge in [0, 0.05) is 42.4 Å². The van der Waals surface area contributed by atoms with Gasteiger partial charge in [-0.2, -0.15) is 0 Å². The molecule has 2 aromatic carbocycles. The van der Waals surface area contributed by atoms with Crippen molar-refractivity contribution in [2.45, 2.75) is 56.5 Å². The summed E-state index contributed by atoms with van der Waals surface area (Å²) in [6.45, 7) is 7.43. The molecule has 0 unspecified atom stereocenters. The molecule has 3 aliphatic heterocycles. The number of rotatable bonds is 6. The van der Waals surface area contributed by atoms with Gasteiger partial charge in [0.1, 0.15) is 5.75 Å². The maximum absolute atomic E-state index is 13.6. The van der Waals surface area contributed by atoms with E-state index in [0.29, 0.717) is 19.4 Å². The summed E-state index contributed by atoms with van der Waals surface area (Å²) >= 11 is 0. The summed E-state index contributed by atoms with van der Waals surface area (Å²) in [5.74, 6) is 0.648. The Bertz CT molecular complexity index is 1150. The molecule has 186 valence electrons. The Morgan fingerprint density at radius 1 is 1.20 bits per heavy atom. The zero-order valence-electron chi connectivity index (χ0n) is 20.8. The normalized spacial score (nSPS) is 28.0. The molecule has 0 bridgehead atoms. The van der Waals surface area contributed by atoms with E-state index >= 15 is 0 Å². The fourth-order valence-electron chi connectivity index (χ4n) is 6.61. The summed E-state index contributed by atoms with van der Waals surface area (Å²) in [5, 5.41) is 14.2. The average Bonchev–Trinajstić information content (AvgIpc) is 3.49. The highest BCUT2D eigenvalue weighted by Crippen LogP contribution is 2.58. The van der Waals surface area contributed by atoms with E-state index in [2.05, 4.69) is 37.5 Å². The summed E-state index contributed by atoms with van der Waals surface area (Å²) in [4.78, 5) is 27.8. The third-order valence-corrected chi connectivity index (χ3v) is 12.7. The molecular weight excluding hydrogens is 460 g/mol. The van der Waals surface area contributed by atoms with Crippen molar-refractivity contribution in [1.82, 2.24) is 0 Å². The second-order valence-electron chi connectivity index (χ2n) is 10.5. The zero-order chi connectivity index (χ0) is 25.0. The van der Waals surface area contributed by atoms with Crippen molar-refractivity contribution in [1.29, 1.82) is 0 Å². The van der Waals surface area contributed by atoms with Crippen molar-refractivity contribution in [3.8, 4) is 5.75 Å². The molecule has 1 spiro atoms. The zero-order valence-corrected chi connectivity index (χ0v) is 21.8. The molecule has 2 fully saturated rings. The number of ether oxygens (including phenoxy) is 2. The number of carbonyl (C=O) groups excluding carboxylic acids is 2. The third kappa shape index (κ3) is 3.61. The SMILES string of the molecule is COc1ccc([Si](C)(C)[C@H]2[C@H](CCO)O[C@@]3(C(=O)Nc4ccc(N5CCCC5=O)cc43)[C@@H]2C)cc1. The highest BCUT2D eigenvalue weighted by atomic mass is 28.3. The van der Waals surface area contributed by atoms with Crippen LogP contribution in [-0.2, 0) is 19.9 Å². The summed E-state index contributed by atoms with van der Waals surface area (Å²) < 4.78 is 12.1. The predicted molar refractivity (Wildman–Crippen MR) is 138 cm³/mol. The minimum Gasteiger partial charge on any atom is -0.497 e. The van der Waals surface area contributed by atoms with E-state index in [0.717, 1.165) is 29.1 Å². The summed E-state index contributed by atoms with van der Waals surface area (Å²) in [6.07, 6.45) is 1.60. The number of aliphatic hydroxyl groups is 1. The van der Waals surface area contributed by atoms with Crippen LogP contribution in [-0.4, -0.2) is 51.4 Å². The molecule has 0 aliphatic carbocycles. The molecule has 2 amide bonds. The Kier molecular flexibility index (Phi) is 6.02. The Labute approximate surface area is 207 Å². The highest BCUT2D eigenvalue weighted by Gasteiger charge is 2.64. The van der Waals surface area contributed by atoms with E-state index in [4.69, 9.17) is 9.47 Å². The lowest BCUT2D eigenvalue weighted by Gasteiger charge is -2.37. The molecular formula is C27H34N2O5Si. The van der Waals surface area contributed by atoms with Gasteiger partial charge in [0.25, 0.3) is 5.91 Å². The second kappa shape index (κ2) is 8.76. The first-order valence-corrected chi connectivity index (χ1v) is 15.5. The molecule has 7 nitrogen and oxygen atoms in total. The van der Waals surface area contributed by atoms with Crippen molar-refractivity contribution >= 4 is 36.4 Å². The number of hydrogen-bond donors (Lipinski definition) is 2. The second-order valence-corrected chi connectivity index (χ2v) is 15.2. The van der Waals surface area contributed by atoms with E-state index in [1.165, 1.54) is 5.19 Å². The van der Waals surface area contributed by atoms with Gasteiger partial charge in [0.15, 0.2) is 5.60 Å². The summed E-state index contributed by atoms with van der Waals surface area (Å²) in [5.41, 5.74) is 1.31. The molecule has 0 radical (unpaired) electrons. The van der Waals surface area contributed by atoms with Crippen LogP contribution in [0.4, 0.5) is 11.4 Å². The van der Waals surface area contributed by atoms with Crippen LogP contribution in [0.2, 0.25) is 18.6 Å². The maximum atomic E-state index is 13.6. The van der Waals surface area contributed by atoms with E-state index < -0.39 is 13.7 Å². The highest BCUT2D eigenvalue weighted by molar-refractivity contribution is 6.91. The summed E-state index contributed by atoms with van der Waals surface area (Å²) in [6, 6.07) is 14.0. The van der Waals surface area contributed by atoms with Crippen molar-refractivity contribution < 1.29 is 24.2 Å². The lowest BCUT2D eigenvalue weighted by atomic mass is 9.82. The van der Waals surface area contributed by atoms with E-state index in [-0.39, 0.29) is 36.0 Å². The number of hydrogen-bond acceptors (Lipinski definition) is 5. The van der Waals surface area contributed by atoms with Crippen LogP contribution in [0.1, 0.15) is 31.7 Å². The number of amides is 2. The van der Waals surface area contributed by atoms with Crippen LogP contribution in [0, 0.1) is 5.92 Å². The number of anilines is 2. The Hall–Kier alpha value is -2.68. The van der Waals surface area contributed by atoms with Gasteiger partial charge >= 0.3 is 0 Å². The number of aliphatic hydroxyl groups excluding tert-OH is 1. The number of nitrogens with one attached hydrogen (secondary N) is 1. The largest absolute Gasteiger partial charge is 0.497 e. The molecule has 3 aliphatic rings. The molecule has 0 aromatic heterocycles. The average molecular weight is 495 g/mol. The standard InChI is InChI=1S/C27H34N2O5Si/c1-17-25(35(3,4)20-10-8-19(33-2)9-11-20)23(13-15-30)34-27(17)21-16-18(29-14-5-6-24(29)31)7-12-22(21)28-26(27)32/h7-12,16-17,23,25,30H,5-6,13-15H2,1-4H3,(H,28,32)/t17-,23+,25-,27+/m1/s1. The number of nitrogens with zero attached hydrogens (tertiary/aromatic N) is 1. The van der Waals surface area contributed by atoms with Gasteiger partial charge in [-0.15, -0.1) is 0 Å². The first kappa shape index (κ1) is 24.0. The lowest BCUT2D eigenvalue weighted by molar-refractivity contribution is -0.143. The van der Waals surface area contributed by atoms with Crippen LogP contribution in [0.3, 0.4) is 0 Å². The Morgan fingerprint density at radius 2 is 1.94 bits per heavy atom. The summed E-state index contributed by atoms with van der Waals surface area (Å²) in [7, 11) is -0.518. The molecule has 4 atom stereocenters. The van der Waals surface area contributed by atoms with Crippen LogP contribution >= 0.6 is 0 Å². The fraction of sp³-hybridized carbons (Fsp3) is 0.481. The van der Waals surface area contributed by atoms with Crippen LogP contribution in [0.5, 0.6) is 5.75 Å². The number of carbonyl (C=O) groups is 2. The lowest BCUT2D eigenvalue weighted by Crippen LogP contribution is -2.51. The van der Waals surface area contributed by atoms with Gasteiger partial charge in [0.2, 0.25) is 5.91 Å². The first-order chi connectivity index (χ1) is 16.7. The first-order valence-electron chi connectivity index (χ1n) is 12.4. The van der Waals surface area contributed by atoms with E-state index in [1.807, 2.05) is 30.3 Å². The van der Waals surface area contributed by atoms with Crippen molar-refractivity contribution in [2.24, 2.45) is 5.92 Å². The van der Waals surface area contributed by atoms with Crippen LogP contribution in [0.25, 0.3) is 0 Å². The Balaban J connectivity index is 1.58. The van der Waals surface area contributed by atoms with Crippen LogP contribution in [0.15, 0.2) is 42.5 Å². The Morgan fingerprint density at radius 3 is 2.57 bits per heavy atom. The quantitative estimate of drug-likeness (QED) is 0.601. The maximum Gasteiger partial charge on any atom is 0.261 e. The van der Waals surface area contributed by atoms with Gasteiger partial charge in [0.05, 0.1) is 21.3 Å². The van der Waals surface area contributed by atoms with Gasteiger partial charge in [-0.05, 0) is 48.7 Å². The van der Waals surface area contributed by atoms with Gasteiger partial charge in [-0.3, -0.25) is 9.59 Å². The molecule has 2 saturated heterocycles. The van der Waals surface area contributed by atoms with Gasteiger partial charge in [-0.1, -0.05) is 37.3 Å².